The molecule has 1 atom stereocenters. The van der Waals surface area contributed by atoms with Crippen LogP contribution in [-0.2, 0) is 9.53 Å². The molecule has 0 radical (unpaired) electrons. The Morgan fingerprint density at radius 3 is 2.60 bits per heavy atom. The fourth-order valence-electron chi connectivity index (χ4n) is 3.59. The highest BCUT2D eigenvalue weighted by molar-refractivity contribution is 5.92. The first kappa shape index (κ1) is 17.7. The number of pyridine rings is 1. The highest BCUT2D eigenvalue weighted by Gasteiger charge is 2.33. The van der Waals surface area contributed by atoms with Crippen LogP contribution in [0, 0.1) is 5.92 Å². The Morgan fingerprint density at radius 1 is 1.16 bits per heavy atom. The zero-order valence-electron chi connectivity index (χ0n) is 15.4. The van der Waals surface area contributed by atoms with E-state index in [2.05, 4.69) is 10.3 Å². The van der Waals surface area contributed by atoms with Crippen molar-refractivity contribution in [2.24, 2.45) is 5.92 Å². The van der Waals surface area contributed by atoms with Gasteiger partial charge in [0.25, 0.3) is 0 Å². The van der Waals surface area contributed by atoms with Crippen molar-refractivity contribution < 1.29 is 9.53 Å². The first-order valence-corrected chi connectivity index (χ1v) is 9.27. The van der Waals surface area contributed by atoms with Gasteiger partial charge in [-0.2, -0.15) is 0 Å². The number of para-hydroxylation sites is 1. The van der Waals surface area contributed by atoms with Crippen LogP contribution in [0.1, 0.15) is 52.9 Å². The summed E-state index contributed by atoms with van der Waals surface area (Å²) in [4.78, 5) is 17.4. The molecular weight excluding hydrogens is 312 g/mol. The van der Waals surface area contributed by atoms with Gasteiger partial charge in [-0.15, -0.1) is 0 Å². The molecule has 1 saturated carbocycles. The largest absolute Gasteiger partial charge is 0.458 e. The Balaban J connectivity index is 1.89. The van der Waals surface area contributed by atoms with E-state index in [-0.39, 0.29) is 12.0 Å². The van der Waals surface area contributed by atoms with Gasteiger partial charge in [0.15, 0.2) is 0 Å². The Kier molecular flexibility index (Phi) is 5.26. The smallest absolute Gasteiger partial charge is 0.329 e. The SMILES string of the molecule is CC(C)(C)OC(=O)[C@H](Nc1cccc2cccnc12)C1CCCCC1. The van der Waals surface area contributed by atoms with Crippen molar-refractivity contribution in [1.29, 1.82) is 0 Å². The van der Waals surface area contributed by atoms with Gasteiger partial charge in [0.05, 0.1) is 11.2 Å². The summed E-state index contributed by atoms with van der Waals surface area (Å²) in [6.45, 7) is 5.76. The Morgan fingerprint density at radius 2 is 1.88 bits per heavy atom. The fourth-order valence-corrected chi connectivity index (χ4v) is 3.59. The van der Waals surface area contributed by atoms with Gasteiger partial charge in [-0.25, -0.2) is 4.79 Å². The van der Waals surface area contributed by atoms with Crippen LogP contribution in [0.15, 0.2) is 36.5 Å². The molecule has 4 nitrogen and oxygen atoms in total. The van der Waals surface area contributed by atoms with Gasteiger partial charge in [0.1, 0.15) is 11.6 Å². The molecule has 0 unspecified atom stereocenters. The average Bonchev–Trinajstić information content (AvgIpc) is 2.59. The van der Waals surface area contributed by atoms with Crippen molar-refractivity contribution in [3.63, 3.8) is 0 Å². The van der Waals surface area contributed by atoms with Crippen LogP contribution in [-0.4, -0.2) is 22.6 Å². The second-order valence-corrected chi connectivity index (χ2v) is 7.93. The summed E-state index contributed by atoms with van der Waals surface area (Å²) in [5, 5.41) is 4.55. The fraction of sp³-hybridized carbons (Fsp3) is 0.524. The molecule has 25 heavy (non-hydrogen) atoms. The van der Waals surface area contributed by atoms with Gasteiger partial charge in [-0.3, -0.25) is 4.98 Å². The predicted molar refractivity (Wildman–Crippen MR) is 102 cm³/mol. The summed E-state index contributed by atoms with van der Waals surface area (Å²) < 4.78 is 5.72. The van der Waals surface area contributed by atoms with Crippen LogP contribution in [0.3, 0.4) is 0 Å². The number of esters is 1. The molecule has 2 aromatic rings. The van der Waals surface area contributed by atoms with E-state index in [0.717, 1.165) is 29.4 Å². The quantitative estimate of drug-likeness (QED) is 0.801. The lowest BCUT2D eigenvalue weighted by molar-refractivity contribution is -0.157. The lowest BCUT2D eigenvalue weighted by atomic mass is 9.83. The first-order chi connectivity index (χ1) is 11.9. The van der Waals surface area contributed by atoms with Crippen molar-refractivity contribution in [3.8, 4) is 0 Å². The molecule has 1 aliphatic carbocycles. The van der Waals surface area contributed by atoms with Crippen LogP contribution in [0.25, 0.3) is 10.9 Å². The monoisotopic (exact) mass is 340 g/mol. The molecule has 1 aromatic heterocycles. The minimum Gasteiger partial charge on any atom is -0.458 e. The molecule has 1 N–H and O–H groups in total. The summed E-state index contributed by atoms with van der Waals surface area (Å²) in [5.41, 5.74) is 1.32. The summed E-state index contributed by atoms with van der Waals surface area (Å²) >= 11 is 0. The van der Waals surface area contributed by atoms with E-state index in [1.807, 2.05) is 51.1 Å². The predicted octanol–water partition coefficient (Wildman–Crippen LogP) is 4.94. The molecule has 1 aromatic carbocycles. The number of carbonyl (C=O) groups is 1. The van der Waals surface area contributed by atoms with Crippen molar-refractivity contribution in [2.45, 2.75) is 64.5 Å². The number of hydrogen-bond donors (Lipinski definition) is 1. The lowest BCUT2D eigenvalue weighted by Gasteiger charge is -2.32. The van der Waals surface area contributed by atoms with Crippen molar-refractivity contribution in [2.75, 3.05) is 5.32 Å². The van der Waals surface area contributed by atoms with Gasteiger partial charge in [0.2, 0.25) is 0 Å². The summed E-state index contributed by atoms with van der Waals surface area (Å²) in [6.07, 6.45) is 7.53. The van der Waals surface area contributed by atoms with Gasteiger partial charge in [-0.05, 0) is 51.7 Å². The molecule has 4 heteroatoms. The van der Waals surface area contributed by atoms with Gasteiger partial charge < -0.3 is 10.1 Å². The number of ether oxygens (including phenoxy) is 1. The van der Waals surface area contributed by atoms with E-state index >= 15 is 0 Å². The molecule has 134 valence electrons. The van der Waals surface area contributed by atoms with Crippen molar-refractivity contribution in [3.05, 3.63) is 36.5 Å². The second kappa shape index (κ2) is 7.42. The van der Waals surface area contributed by atoms with E-state index < -0.39 is 5.60 Å². The zero-order chi connectivity index (χ0) is 17.9. The minimum atomic E-state index is -0.483. The van der Waals surface area contributed by atoms with E-state index in [9.17, 15) is 4.79 Å². The summed E-state index contributed by atoms with van der Waals surface area (Å²) in [7, 11) is 0. The van der Waals surface area contributed by atoms with Crippen LogP contribution in [0.5, 0.6) is 0 Å². The maximum absolute atomic E-state index is 12.9. The third-order valence-corrected chi connectivity index (χ3v) is 4.73. The Bertz CT molecular complexity index is 725. The molecule has 1 heterocycles. The molecule has 0 spiro atoms. The first-order valence-electron chi connectivity index (χ1n) is 9.27. The molecule has 3 rings (SSSR count). The van der Waals surface area contributed by atoms with E-state index in [1.165, 1.54) is 19.3 Å². The molecule has 1 fully saturated rings. The second-order valence-electron chi connectivity index (χ2n) is 7.93. The van der Waals surface area contributed by atoms with Gasteiger partial charge >= 0.3 is 5.97 Å². The number of carbonyl (C=O) groups excluding carboxylic acids is 1. The molecular formula is C21H28N2O2. The van der Waals surface area contributed by atoms with Crippen molar-refractivity contribution in [1.82, 2.24) is 4.98 Å². The third kappa shape index (κ3) is 4.50. The van der Waals surface area contributed by atoms with E-state index in [4.69, 9.17) is 4.74 Å². The number of hydrogen-bond acceptors (Lipinski definition) is 4. The number of nitrogens with one attached hydrogen (secondary N) is 1. The Hall–Kier alpha value is -2.10. The summed E-state index contributed by atoms with van der Waals surface area (Å²) in [5.74, 6) is 0.148. The minimum absolute atomic E-state index is 0.160. The zero-order valence-corrected chi connectivity index (χ0v) is 15.4. The molecule has 1 aliphatic rings. The van der Waals surface area contributed by atoms with Crippen molar-refractivity contribution >= 4 is 22.6 Å². The molecule has 0 bridgehead atoms. The number of fused-ring (bicyclic) bond motifs is 1. The van der Waals surface area contributed by atoms with Crippen LogP contribution >= 0.6 is 0 Å². The topological polar surface area (TPSA) is 51.2 Å². The van der Waals surface area contributed by atoms with E-state index in [0.29, 0.717) is 5.92 Å². The van der Waals surface area contributed by atoms with E-state index in [1.54, 1.807) is 6.20 Å². The lowest BCUT2D eigenvalue weighted by Crippen LogP contribution is -2.42. The van der Waals surface area contributed by atoms with Crippen LogP contribution < -0.4 is 5.32 Å². The van der Waals surface area contributed by atoms with Gasteiger partial charge in [0, 0.05) is 11.6 Å². The maximum atomic E-state index is 12.9. The third-order valence-electron chi connectivity index (χ3n) is 4.73. The maximum Gasteiger partial charge on any atom is 0.329 e. The standard InChI is InChI=1S/C21H28N2O2/c1-21(2,3)25-20(24)19(16-9-5-4-6-10-16)23-17-13-7-11-15-12-8-14-22-18(15)17/h7-8,11-14,16,19,23H,4-6,9-10H2,1-3H3/t19-/m1/s1. The normalized spacial score (nSPS) is 17.2. The number of rotatable bonds is 4. The number of anilines is 1. The molecule has 0 amide bonds. The molecule has 0 saturated heterocycles. The summed E-state index contributed by atoms with van der Waals surface area (Å²) in [6, 6.07) is 9.67. The number of benzene rings is 1. The Labute approximate surface area is 150 Å². The van der Waals surface area contributed by atoms with Crippen LogP contribution in [0.2, 0.25) is 0 Å². The van der Waals surface area contributed by atoms with Crippen LogP contribution in [0.4, 0.5) is 5.69 Å². The number of aromatic nitrogens is 1. The highest BCUT2D eigenvalue weighted by atomic mass is 16.6. The highest BCUT2D eigenvalue weighted by Crippen LogP contribution is 2.31. The molecule has 0 aliphatic heterocycles. The number of nitrogens with zero attached hydrogens (tertiary/aromatic N) is 1. The average molecular weight is 340 g/mol. The van der Waals surface area contributed by atoms with Gasteiger partial charge in [-0.1, -0.05) is 37.5 Å².